The van der Waals surface area contributed by atoms with Crippen LogP contribution in [-0.4, -0.2) is 44.2 Å². The van der Waals surface area contributed by atoms with E-state index in [2.05, 4.69) is 41.5 Å². The summed E-state index contributed by atoms with van der Waals surface area (Å²) in [5.41, 5.74) is 2.85. The van der Waals surface area contributed by atoms with Crippen LogP contribution in [0.2, 0.25) is 0 Å². The van der Waals surface area contributed by atoms with Gasteiger partial charge in [0.15, 0.2) is 0 Å². The standard InChI is InChI=1S/C15H22N2O/c1-17(13-6-8-16-10-13)11-15-14-5-3-2-4-12(14)7-9-18-15/h2-5,13,15-16H,6-11H2,1H3. The van der Waals surface area contributed by atoms with Crippen LogP contribution in [0, 0.1) is 0 Å². The minimum absolute atomic E-state index is 0.251. The molecular weight excluding hydrogens is 224 g/mol. The zero-order chi connectivity index (χ0) is 12.4. The van der Waals surface area contributed by atoms with Crippen molar-refractivity contribution in [2.24, 2.45) is 0 Å². The van der Waals surface area contributed by atoms with Crippen molar-refractivity contribution in [3.8, 4) is 0 Å². The van der Waals surface area contributed by atoms with E-state index < -0.39 is 0 Å². The number of hydrogen-bond donors (Lipinski definition) is 1. The first-order chi connectivity index (χ1) is 8.84. The zero-order valence-corrected chi connectivity index (χ0v) is 11.1. The number of ether oxygens (including phenoxy) is 1. The Morgan fingerprint density at radius 2 is 2.28 bits per heavy atom. The van der Waals surface area contributed by atoms with E-state index in [1.807, 2.05) is 0 Å². The van der Waals surface area contributed by atoms with Gasteiger partial charge in [-0.05, 0) is 37.6 Å². The molecule has 0 bridgehead atoms. The van der Waals surface area contributed by atoms with Crippen molar-refractivity contribution in [2.75, 3.05) is 33.3 Å². The molecule has 0 spiro atoms. The van der Waals surface area contributed by atoms with Crippen LogP contribution in [0.1, 0.15) is 23.7 Å². The summed E-state index contributed by atoms with van der Waals surface area (Å²) in [6.07, 6.45) is 2.56. The summed E-state index contributed by atoms with van der Waals surface area (Å²) in [5.74, 6) is 0. The van der Waals surface area contributed by atoms with Gasteiger partial charge in [0.25, 0.3) is 0 Å². The molecule has 1 fully saturated rings. The number of nitrogens with one attached hydrogen (secondary N) is 1. The molecule has 0 aromatic heterocycles. The van der Waals surface area contributed by atoms with Gasteiger partial charge < -0.3 is 10.1 Å². The quantitative estimate of drug-likeness (QED) is 0.876. The molecule has 3 rings (SSSR count). The smallest absolute Gasteiger partial charge is 0.0954 e. The topological polar surface area (TPSA) is 24.5 Å². The Morgan fingerprint density at radius 3 is 3.11 bits per heavy atom. The van der Waals surface area contributed by atoms with Gasteiger partial charge in [-0.2, -0.15) is 0 Å². The van der Waals surface area contributed by atoms with E-state index in [0.717, 1.165) is 32.7 Å². The fraction of sp³-hybridized carbons (Fsp3) is 0.600. The second-order valence-electron chi connectivity index (χ2n) is 5.39. The maximum Gasteiger partial charge on any atom is 0.0954 e. The molecule has 3 nitrogen and oxygen atoms in total. The molecule has 2 unspecified atom stereocenters. The first-order valence-electron chi connectivity index (χ1n) is 6.95. The Kier molecular flexibility index (Phi) is 3.64. The van der Waals surface area contributed by atoms with Crippen molar-refractivity contribution >= 4 is 0 Å². The molecule has 2 aliphatic heterocycles. The van der Waals surface area contributed by atoms with Gasteiger partial charge in [0.05, 0.1) is 12.7 Å². The largest absolute Gasteiger partial charge is 0.372 e. The maximum absolute atomic E-state index is 5.97. The third-order valence-electron chi connectivity index (χ3n) is 4.20. The summed E-state index contributed by atoms with van der Waals surface area (Å²) in [4.78, 5) is 2.45. The molecule has 1 aromatic rings. The third-order valence-corrected chi connectivity index (χ3v) is 4.20. The first kappa shape index (κ1) is 12.2. The Bertz CT molecular complexity index is 401. The molecule has 98 valence electrons. The van der Waals surface area contributed by atoms with Crippen LogP contribution in [-0.2, 0) is 11.2 Å². The molecule has 1 saturated heterocycles. The summed E-state index contributed by atoms with van der Waals surface area (Å²) in [7, 11) is 2.22. The van der Waals surface area contributed by atoms with E-state index in [9.17, 15) is 0 Å². The Balaban J connectivity index is 1.70. The van der Waals surface area contributed by atoms with Crippen LogP contribution in [0.5, 0.6) is 0 Å². The molecule has 18 heavy (non-hydrogen) atoms. The highest BCUT2D eigenvalue weighted by Crippen LogP contribution is 2.28. The molecule has 0 saturated carbocycles. The minimum Gasteiger partial charge on any atom is -0.372 e. The van der Waals surface area contributed by atoms with E-state index in [-0.39, 0.29) is 6.10 Å². The van der Waals surface area contributed by atoms with Crippen LogP contribution in [0.15, 0.2) is 24.3 Å². The van der Waals surface area contributed by atoms with Gasteiger partial charge in [0.1, 0.15) is 0 Å². The van der Waals surface area contributed by atoms with Crippen molar-refractivity contribution in [1.29, 1.82) is 0 Å². The average molecular weight is 246 g/mol. The number of fused-ring (bicyclic) bond motifs is 1. The Hall–Kier alpha value is -0.900. The molecule has 2 aliphatic rings. The van der Waals surface area contributed by atoms with Crippen molar-refractivity contribution in [3.05, 3.63) is 35.4 Å². The van der Waals surface area contributed by atoms with Gasteiger partial charge in [-0.25, -0.2) is 0 Å². The molecule has 0 radical (unpaired) electrons. The lowest BCUT2D eigenvalue weighted by Gasteiger charge is -2.32. The fourth-order valence-corrected chi connectivity index (χ4v) is 3.05. The number of rotatable bonds is 3. The van der Waals surface area contributed by atoms with Crippen LogP contribution >= 0.6 is 0 Å². The van der Waals surface area contributed by atoms with Gasteiger partial charge in [0, 0.05) is 19.1 Å². The van der Waals surface area contributed by atoms with Crippen LogP contribution in [0.25, 0.3) is 0 Å². The van der Waals surface area contributed by atoms with Crippen LogP contribution in [0.3, 0.4) is 0 Å². The minimum atomic E-state index is 0.251. The summed E-state index contributed by atoms with van der Waals surface area (Å²) < 4.78 is 5.97. The molecule has 1 aromatic carbocycles. The van der Waals surface area contributed by atoms with Crippen LogP contribution in [0.4, 0.5) is 0 Å². The van der Waals surface area contributed by atoms with Crippen molar-refractivity contribution in [1.82, 2.24) is 10.2 Å². The Labute approximate surface area is 109 Å². The number of benzene rings is 1. The van der Waals surface area contributed by atoms with E-state index in [1.165, 1.54) is 17.5 Å². The maximum atomic E-state index is 5.97. The molecule has 3 heteroatoms. The lowest BCUT2D eigenvalue weighted by atomic mass is 9.97. The van der Waals surface area contributed by atoms with Gasteiger partial charge in [-0.1, -0.05) is 24.3 Å². The second-order valence-corrected chi connectivity index (χ2v) is 5.39. The van der Waals surface area contributed by atoms with Gasteiger partial charge in [-0.15, -0.1) is 0 Å². The van der Waals surface area contributed by atoms with Crippen molar-refractivity contribution < 1.29 is 4.74 Å². The van der Waals surface area contributed by atoms with Gasteiger partial charge in [0.2, 0.25) is 0 Å². The number of likely N-dealkylation sites (N-methyl/N-ethyl adjacent to an activating group) is 1. The summed E-state index contributed by atoms with van der Waals surface area (Å²) >= 11 is 0. The highest BCUT2D eigenvalue weighted by atomic mass is 16.5. The Morgan fingerprint density at radius 1 is 1.39 bits per heavy atom. The van der Waals surface area contributed by atoms with E-state index in [1.54, 1.807) is 0 Å². The van der Waals surface area contributed by atoms with Gasteiger partial charge in [-0.3, -0.25) is 4.90 Å². The SMILES string of the molecule is CN(CC1OCCc2ccccc21)C1CCNC1. The molecule has 0 aliphatic carbocycles. The van der Waals surface area contributed by atoms with E-state index >= 15 is 0 Å². The number of hydrogen-bond acceptors (Lipinski definition) is 3. The van der Waals surface area contributed by atoms with Gasteiger partial charge >= 0.3 is 0 Å². The highest BCUT2D eigenvalue weighted by molar-refractivity contribution is 5.31. The van der Waals surface area contributed by atoms with E-state index in [0.29, 0.717) is 6.04 Å². The summed E-state index contributed by atoms with van der Waals surface area (Å²) in [6, 6.07) is 9.38. The molecule has 2 atom stereocenters. The second kappa shape index (κ2) is 5.39. The van der Waals surface area contributed by atoms with Crippen LogP contribution < -0.4 is 5.32 Å². The third kappa shape index (κ3) is 2.44. The highest BCUT2D eigenvalue weighted by Gasteiger charge is 2.25. The zero-order valence-electron chi connectivity index (χ0n) is 11.1. The van der Waals surface area contributed by atoms with Crippen molar-refractivity contribution in [2.45, 2.75) is 25.0 Å². The average Bonchev–Trinajstić information content (AvgIpc) is 2.93. The molecule has 1 N–H and O–H groups in total. The first-order valence-corrected chi connectivity index (χ1v) is 6.95. The fourth-order valence-electron chi connectivity index (χ4n) is 3.05. The lowest BCUT2D eigenvalue weighted by molar-refractivity contribution is 0.0144. The number of nitrogens with zero attached hydrogens (tertiary/aromatic N) is 1. The summed E-state index contributed by atoms with van der Waals surface area (Å²) in [6.45, 7) is 4.13. The molecular formula is C15H22N2O. The predicted molar refractivity (Wildman–Crippen MR) is 72.7 cm³/mol. The van der Waals surface area contributed by atoms with Crippen molar-refractivity contribution in [3.63, 3.8) is 0 Å². The monoisotopic (exact) mass is 246 g/mol. The lowest BCUT2D eigenvalue weighted by Crippen LogP contribution is -2.38. The predicted octanol–water partition coefficient (Wildman–Crippen LogP) is 1.59. The molecule has 2 heterocycles. The van der Waals surface area contributed by atoms with E-state index in [4.69, 9.17) is 4.74 Å². The molecule has 0 amide bonds. The normalized spacial score (nSPS) is 27.4. The summed E-state index contributed by atoms with van der Waals surface area (Å²) in [5, 5.41) is 3.43.